The normalized spacial score (nSPS) is 20.5. The Labute approximate surface area is 307 Å². The van der Waals surface area contributed by atoms with Crippen molar-refractivity contribution in [1.29, 1.82) is 0 Å². The highest BCUT2D eigenvalue weighted by molar-refractivity contribution is 7.14. The summed E-state index contributed by atoms with van der Waals surface area (Å²) in [4.78, 5) is 34.5. The van der Waals surface area contributed by atoms with Gasteiger partial charge in [-0.25, -0.2) is 19.0 Å². The van der Waals surface area contributed by atoms with Gasteiger partial charge in [0.2, 0.25) is 0 Å². The second-order valence-corrected chi connectivity index (χ2v) is 14.4. The standard InChI is InChI=1S/C36H36Cl2F3N3O6S/c1-2-47-31-15-22(7-9-29(31)49-35(40)41)30(16-24-25(37)17-42-18-26(24)38)48-34(45)33-10-8-23(51-33)19-44(28-6-4-3-5-27(28)39)36(46)50-32-20-43-13-11-21(32)12-14-43/h3-6,8,10,15,17-18,21,30,32,35H,2,7,9,11-14,16,19-20H2,1H3/p+1/t30-,32-/m0/s1. The molecule has 1 amide bonds. The highest BCUT2D eigenvalue weighted by atomic mass is 35.5. The van der Waals surface area contributed by atoms with Crippen LogP contribution in [-0.2, 0) is 31.9 Å². The molecule has 0 radical (unpaired) electrons. The molecule has 3 aliphatic heterocycles. The molecule has 2 aromatic heterocycles. The van der Waals surface area contributed by atoms with Gasteiger partial charge in [-0.05, 0) is 81.1 Å². The third-order valence-electron chi connectivity index (χ3n) is 9.20. The van der Waals surface area contributed by atoms with Gasteiger partial charge in [0.1, 0.15) is 38.7 Å². The van der Waals surface area contributed by atoms with Crippen LogP contribution in [0.15, 0.2) is 72.0 Å². The second-order valence-electron chi connectivity index (χ2n) is 12.4. The number of fused-ring (bicyclic) bond motifs is 3. The van der Waals surface area contributed by atoms with Gasteiger partial charge in [0.05, 0.1) is 18.8 Å². The zero-order chi connectivity index (χ0) is 36.1. The number of rotatable bonds is 13. The minimum absolute atomic E-state index is 0.000356. The van der Waals surface area contributed by atoms with Gasteiger partial charge in [-0.1, -0.05) is 35.3 Å². The number of pyridine rings is 1. The van der Waals surface area contributed by atoms with E-state index in [0.29, 0.717) is 32.6 Å². The smallest absolute Gasteiger partial charge is 0.415 e. The van der Waals surface area contributed by atoms with Gasteiger partial charge in [-0.2, -0.15) is 8.78 Å². The van der Waals surface area contributed by atoms with Crippen LogP contribution in [0.2, 0.25) is 10.0 Å². The molecule has 3 saturated heterocycles. The summed E-state index contributed by atoms with van der Waals surface area (Å²) in [6.07, 6.45) is 5.09. The lowest BCUT2D eigenvalue weighted by Crippen LogP contribution is -2.53. The fourth-order valence-corrected chi connectivity index (χ4v) is 8.05. The number of H-pyrrole nitrogens is 1. The van der Waals surface area contributed by atoms with Crippen LogP contribution in [0, 0.1) is 11.7 Å². The Kier molecular flexibility index (Phi) is 12.1. The molecule has 272 valence electrons. The van der Waals surface area contributed by atoms with Gasteiger partial charge in [-0.15, -0.1) is 11.3 Å². The van der Waals surface area contributed by atoms with Crippen LogP contribution >= 0.6 is 34.5 Å². The molecule has 4 aliphatic rings. The van der Waals surface area contributed by atoms with Crippen LogP contribution in [0.4, 0.5) is 23.7 Å². The maximum absolute atomic E-state index is 15.1. The minimum atomic E-state index is -3.03. The second kappa shape index (κ2) is 16.7. The van der Waals surface area contributed by atoms with Gasteiger partial charge in [0.25, 0.3) is 0 Å². The molecule has 0 spiro atoms. The molecule has 0 unspecified atom stereocenters. The number of allylic oxidation sites excluding steroid dienone is 2. The van der Waals surface area contributed by atoms with Crippen molar-refractivity contribution in [3.63, 3.8) is 0 Å². The van der Waals surface area contributed by atoms with E-state index in [4.69, 9.17) is 42.1 Å². The molecule has 3 aromatic rings. The van der Waals surface area contributed by atoms with Crippen LogP contribution in [0.5, 0.6) is 0 Å². The molecular formula is C36H37Cl2F3N3O6S+. The molecule has 5 heterocycles. The van der Waals surface area contributed by atoms with Crippen LogP contribution in [-0.4, -0.2) is 62.0 Å². The summed E-state index contributed by atoms with van der Waals surface area (Å²) in [5, 5.41) is 0.637. The minimum Gasteiger partial charge on any atom is -0.490 e. The van der Waals surface area contributed by atoms with E-state index in [1.807, 2.05) is 0 Å². The number of nitrogens with one attached hydrogen (secondary N) is 1. The first kappa shape index (κ1) is 37.0. The number of carbonyl (C=O) groups excluding carboxylic acids is 2. The van der Waals surface area contributed by atoms with E-state index in [-0.39, 0.29) is 66.5 Å². The molecule has 3 fully saturated rings. The fourth-order valence-electron chi connectivity index (χ4n) is 6.64. The Bertz CT molecular complexity index is 1780. The molecule has 1 aliphatic carbocycles. The van der Waals surface area contributed by atoms with Gasteiger partial charge in [0, 0.05) is 29.8 Å². The Morgan fingerprint density at radius 2 is 1.82 bits per heavy atom. The number of halogens is 5. The molecule has 15 heteroatoms. The number of piperidine rings is 3. The van der Waals surface area contributed by atoms with Gasteiger partial charge < -0.3 is 18.9 Å². The molecule has 0 saturated carbocycles. The number of alkyl halides is 2. The van der Waals surface area contributed by atoms with Crippen molar-refractivity contribution in [2.24, 2.45) is 5.92 Å². The number of anilines is 1. The lowest BCUT2D eigenvalue weighted by molar-refractivity contribution is -0.377. The zero-order valence-electron chi connectivity index (χ0n) is 27.7. The summed E-state index contributed by atoms with van der Waals surface area (Å²) in [5.74, 6) is -0.868. The number of hydrogen-bond donors (Lipinski definition) is 0. The zero-order valence-corrected chi connectivity index (χ0v) is 30.0. The van der Waals surface area contributed by atoms with E-state index in [9.17, 15) is 18.4 Å². The summed E-state index contributed by atoms with van der Waals surface area (Å²) in [6, 6.07) is 9.22. The Morgan fingerprint density at radius 1 is 1.08 bits per heavy atom. The first-order chi connectivity index (χ1) is 24.6. The van der Waals surface area contributed by atoms with Crippen molar-refractivity contribution in [2.45, 2.75) is 64.4 Å². The predicted molar refractivity (Wildman–Crippen MR) is 185 cm³/mol. The topological polar surface area (TPSA) is 91.7 Å². The number of thiophene rings is 1. The highest BCUT2D eigenvalue weighted by Gasteiger charge is 2.38. The van der Waals surface area contributed by atoms with Crippen molar-refractivity contribution in [3.05, 3.63) is 103 Å². The first-order valence-corrected chi connectivity index (χ1v) is 18.3. The maximum Gasteiger partial charge on any atom is 0.415 e. The van der Waals surface area contributed by atoms with E-state index in [1.165, 1.54) is 17.0 Å². The average Bonchev–Trinajstić information content (AvgIpc) is 3.59. The van der Waals surface area contributed by atoms with Crippen molar-refractivity contribution < 1.29 is 46.7 Å². The number of hydrogen-bond acceptors (Lipinski definition) is 8. The van der Waals surface area contributed by atoms with Gasteiger partial charge in [0.15, 0.2) is 18.2 Å². The summed E-state index contributed by atoms with van der Waals surface area (Å²) in [6.45, 7) is 1.44. The van der Waals surface area contributed by atoms with Crippen molar-refractivity contribution in [2.75, 3.05) is 31.1 Å². The summed E-state index contributed by atoms with van der Waals surface area (Å²) in [7, 11) is 0. The van der Waals surface area contributed by atoms with E-state index < -0.39 is 30.6 Å². The Hall–Kier alpha value is -3.78. The monoisotopic (exact) mass is 766 g/mol. The predicted octanol–water partition coefficient (Wildman–Crippen LogP) is 8.22. The molecule has 9 nitrogen and oxygen atoms in total. The number of carbonyl (C=O) groups is 2. The van der Waals surface area contributed by atoms with E-state index in [1.54, 1.807) is 49.7 Å². The van der Waals surface area contributed by atoms with Crippen LogP contribution < -0.4 is 9.88 Å². The molecule has 7 rings (SSSR count). The number of para-hydroxylation sites is 1. The van der Waals surface area contributed by atoms with Crippen LogP contribution in [0.1, 0.15) is 52.7 Å². The number of amides is 1. The quantitative estimate of drug-likeness (QED) is 0.162. The number of aromatic nitrogens is 1. The highest BCUT2D eigenvalue weighted by Crippen LogP contribution is 2.35. The SMILES string of the molecule is CCOC1=C(OC(F)F)CCC([C@H](Cc2c(Cl)c[nH+]cc2Cl)OC(=O)c2ccc(CN(C(=O)O[C@H]3CN4CCC3CC4)c3ccccc3F)s2)=C1. The van der Waals surface area contributed by atoms with Gasteiger partial charge >= 0.3 is 18.7 Å². The summed E-state index contributed by atoms with van der Waals surface area (Å²) >= 11 is 14.0. The van der Waals surface area contributed by atoms with Crippen molar-refractivity contribution >= 4 is 52.3 Å². The summed E-state index contributed by atoms with van der Waals surface area (Å²) < 4.78 is 63.7. The molecule has 1 aromatic carbocycles. The average molecular weight is 768 g/mol. The van der Waals surface area contributed by atoms with E-state index in [0.717, 1.165) is 37.3 Å². The first-order valence-electron chi connectivity index (χ1n) is 16.7. The van der Waals surface area contributed by atoms with E-state index in [2.05, 4.69) is 9.88 Å². The lowest BCUT2D eigenvalue weighted by atomic mass is 9.86. The van der Waals surface area contributed by atoms with Crippen LogP contribution in [0.3, 0.4) is 0 Å². The molecule has 1 N–H and O–H groups in total. The lowest BCUT2D eigenvalue weighted by Gasteiger charge is -2.44. The largest absolute Gasteiger partial charge is 0.490 e. The molecule has 2 bridgehead atoms. The molecule has 51 heavy (non-hydrogen) atoms. The van der Waals surface area contributed by atoms with Gasteiger partial charge in [-0.3, -0.25) is 9.80 Å². The Balaban J connectivity index is 1.23. The third kappa shape index (κ3) is 9.00. The molecular weight excluding hydrogens is 730 g/mol. The number of nitrogens with zero attached hydrogens (tertiary/aromatic N) is 2. The van der Waals surface area contributed by atoms with E-state index >= 15 is 4.39 Å². The maximum atomic E-state index is 15.1. The van der Waals surface area contributed by atoms with Crippen LogP contribution in [0.25, 0.3) is 0 Å². The fraction of sp³-hybridized carbons (Fsp3) is 0.417. The number of benzene rings is 1. The Morgan fingerprint density at radius 3 is 2.49 bits per heavy atom. The number of aromatic amines is 1. The van der Waals surface area contributed by atoms with Crippen molar-refractivity contribution in [1.82, 2.24) is 4.90 Å². The summed E-state index contributed by atoms with van der Waals surface area (Å²) in [5.41, 5.74) is 1.17. The molecule has 2 atom stereocenters. The van der Waals surface area contributed by atoms with Crippen molar-refractivity contribution in [3.8, 4) is 0 Å². The number of esters is 1. The number of ether oxygens (including phenoxy) is 4. The third-order valence-corrected chi connectivity index (χ3v) is 10.9.